The van der Waals surface area contributed by atoms with Crippen LogP contribution in [0.25, 0.3) is 0 Å². The molecule has 0 atom stereocenters. The number of rotatable bonds is 2. The molecule has 0 saturated carbocycles. The van der Waals surface area contributed by atoms with E-state index in [-0.39, 0.29) is 5.78 Å². The van der Waals surface area contributed by atoms with Gasteiger partial charge in [-0.2, -0.15) is 0 Å². The fraction of sp³-hybridized carbons (Fsp3) is 0.133. The molecule has 2 aromatic carbocycles. The van der Waals surface area contributed by atoms with Gasteiger partial charge in [0.15, 0.2) is 5.78 Å². The fourth-order valence-electron chi connectivity index (χ4n) is 1.84. The topological polar surface area (TPSA) is 17.1 Å². The second-order valence-electron chi connectivity index (χ2n) is 4.37. The molecule has 4 heteroatoms. The number of aryl methyl sites for hydroxylation is 2. The maximum Gasteiger partial charge on any atom is 0.194 e. The fourth-order valence-corrected chi connectivity index (χ4v) is 3.06. The van der Waals surface area contributed by atoms with Crippen LogP contribution in [0.4, 0.5) is 0 Å². The van der Waals surface area contributed by atoms with Gasteiger partial charge < -0.3 is 0 Å². The number of hydrogen-bond donors (Lipinski definition) is 0. The van der Waals surface area contributed by atoms with E-state index in [0.717, 1.165) is 20.1 Å². The Morgan fingerprint density at radius 2 is 1.68 bits per heavy atom. The quantitative estimate of drug-likeness (QED) is 0.588. The summed E-state index contributed by atoms with van der Waals surface area (Å²) in [6, 6.07) is 9.14. The van der Waals surface area contributed by atoms with Gasteiger partial charge in [0.1, 0.15) is 0 Å². The number of hydrogen-bond acceptors (Lipinski definition) is 1. The van der Waals surface area contributed by atoms with Crippen LogP contribution in [0.15, 0.2) is 39.3 Å². The molecule has 0 aliphatic carbocycles. The predicted molar refractivity (Wildman–Crippen MR) is 86.2 cm³/mol. The second-order valence-corrected chi connectivity index (χ2v) is 6.55. The summed E-state index contributed by atoms with van der Waals surface area (Å²) in [5.74, 6) is -0.0504. The van der Waals surface area contributed by atoms with E-state index in [2.05, 4.69) is 31.9 Å². The minimum atomic E-state index is -0.0504. The summed E-state index contributed by atoms with van der Waals surface area (Å²) in [5, 5.41) is 0.458. The highest BCUT2D eigenvalue weighted by Gasteiger charge is 2.16. The smallest absolute Gasteiger partial charge is 0.194 e. The van der Waals surface area contributed by atoms with Crippen LogP contribution >= 0.6 is 43.5 Å². The van der Waals surface area contributed by atoms with Crippen LogP contribution in [0.5, 0.6) is 0 Å². The van der Waals surface area contributed by atoms with Crippen molar-refractivity contribution in [2.24, 2.45) is 0 Å². The van der Waals surface area contributed by atoms with Crippen molar-refractivity contribution >= 4 is 49.2 Å². The SMILES string of the molecule is Cc1cc(C(=O)c2ccc(Br)cc2Cl)c(C)cc1Br. The minimum absolute atomic E-state index is 0.0504. The van der Waals surface area contributed by atoms with Crippen molar-refractivity contribution in [1.29, 1.82) is 0 Å². The molecule has 0 spiro atoms. The van der Waals surface area contributed by atoms with Crippen molar-refractivity contribution in [2.45, 2.75) is 13.8 Å². The van der Waals surface area contributed by atoms with Gasteiger partial charge >= 0.3 is 0 Å². The first kappa shape index (κ1) is 14.8. The van der Waals surface area contributed by atoms with Crippen LogP contribution in [0.1, 0.15) is 27.0 Å². The van der Waals surface area contributed by atoms with E-state index in [1.807, 2.05) is 32.0 Å². The lowest BCUT2D eigenvalue weighted by atomic mass is 9.97. The zero-order valence-electron chi connectivity index (χ0n) is 10.4. The highest BCUT2D eigenvalue weighted by Crippen LogP contribution is 2.27. The van der Waals surface area contributed by atoms with E-state index in [1.54, 1.807) is 12.1 Å². The van der Waals surface area contributed by atoms with Crippen molar-refractivity contribution < 1.29 is 4.79 Å². The van der Waals surface area contributed by atoms with Crippen LogP contribution in [-0.4, -0.2) is 5.78 Å². The largest absolute Gasteiger partial charge is 0.289 e. The van der Waals surface area contributed by atoms with Crippen molar-refractivity contribution in [1.82, 2.24) is 0 Å². The maximum atomic E-state index is 12.5. The standard InChI is InChI=1S/C15H11Br2ClO/c1-8-6-13(17)9(2)5-12(8)15(19)11-4-3-10(16)7-14(11)18/h3-7H,1-2H3. The molecule has 0 unspecified atom stereocenters. The van der Waals surface area contributed by atoms with Crippen LogP contribution in [-0.2, 0) is 0 Å². The predicted octanol–water partition coefficient (Wildman–Crippen LogP) is 5.71. The highest BCUT2D eigenvalue weighted by molar-refractivity contribution is 9.10. The molecule has 0 fully saturated rings. The third-order valence-corrected chi connectivity index (χ3v) is 4.59. The molecular formula is C15H11Br2ClO. The van der Waals surface area contributed by atoms with Gasteiger partial charge in [0.05, 0.1) is 5.02 Å². The average Bonchev–Trinajstić information content (AvgIpc) is 2.33. The lowest BCUT2D eigenvalue weighted by Gasteiger charge is -2.09. The van der Waals surface area contributed by atoms with Crippen molar-refractivity contribution in [3.63, 3.8) is 0 Å². The number of ketones is 1. The van der Waals surface area contributed by atoms with Gasteiger partial charge in [0, 0.05) is 20.1 Å². The molecule has 0 aliphatic rings. The summed E-state index contributed by atoms with van der Waals surface area (Å²) in [6.45, 7) is 3.88. The van der Waals surface area contributed by atoms with Crippen molar-refractivity contribution in [3.8, 4) is 0 Å². The summed E-state index contributed by atoms with van der Waals surface area (Å²) in [6.07, 6.45) is 0. The van der Waals surface area contributed by atoms with Crippen LogP contribution in [0.2, 0.25) is 5.02 Å². The molecular weight excluding hydrogens is 391 g/mol. The number of halogens is 3. The Hall–Kier alpha value is -0.640. The first-order valence-electron chi connectivity index (χ1n) is 5.66. The molecule has 98 valence electrons. The van der Waals surface area contributed by atoms with E-state index < -0.39 is 0 Å². The van der Waals surface area contributed by atoms with E-state index in [1.165, 1.54) is 0 Å². The van der Waals surface area contributed by atoms with Crippen LogP contribution in [0.3, 0.4) is 0 Å². The highest BCUT2D eigenvalue weighted by atomic mass is 79.9. The number of carbonyl (C=O) groups excluding carboxylic acids is 1. The van der Waals surface area contributed by atoms with Gasteiger partial charge in [-0.3, -0.25) is 4.79 Å². The summed E-state index contributed by atoms with van der Waals surface area (Å²) in [5.41, 5.74) is 3.17. The average molecular weight is 403 g/mol. The Morgan fingerprint density at radius 3 is 2.32 bits per heavy atom. The van der Waals surface area contributed by atoms with Crippen LogP contribution in [0, 0.1) is 13.8 Å². The van der Waals surface area contributed by atoms with Gasteiger partial charge in [-0.15, -0.1) is 0 Å². The second kappa shape index (κ2) is 5.78. The first-order valence-corrected chi connectivity index (χ1v) is 7.63. The summed E-state index contributed by atoms with van der Waals surface area (Å²) in [7, 11) is 0. The van der Waals surface area contributed by atoms with Gasteiger partial charge in [-0.1, -0.05) is 43.5 Å². The van der Waals surface area contributed by atoms with E-state index in [9.17, 15) is 4.79 Å². The minimum Gasteiger partial charge on any atom is -0.289 e. The van der Waals surface area contributed by atoms with Gasteiger partial charge in [-0.25, -0.2) is 0 Å². The van der Waals surface area contributed by atoms with Crippen LogP contribution < -0.4 is 0 Å². The Labute approximate surface area is 134 Å². The normalized spacial score (nSPS) is 10.6. The molecule has 19 heavy (non-hydrogen) atoms. The molecule has 0 bridgehead atoms. The van der Waals surface area contributed by atoms with Crippen molar-refractivity contribution in [3.05, 3.63) is 66.6 Å². The first-order chi connectivity index (χ1) is 8.90. The molecule has 0 N–H and O–H groups in total. The number of benzene rings is 2. The summed E-state index contributed by atoms with van der Waals surface area (Å²) in [4.78, 5) is 12.5. The molecule has 0 heterocycles. The Kier molecular flexibility index (Phi) is 4.49. The van der Waals surface area contributed by atoms with Gasteiger partial charge in [0.2, 0.25) is 0 Å². The molecule has 0 radical (unpaired) electrons. The molecule has 0 saturated heterocycles. The zero-order chi connectivity index (χ0) is 14.2. The Morgan fingerprint density at radius 1 is 1.00 bits per heavy atom. The zero-order valence-corrected chi connectivity index (χ0v) is 14.4. The number of carbonyl (C=O) groups is 1. The van der Waals surface area contributed by atoms with Gasteiger partial charge in [0.25, 0.3) is 0 Å². The lowest BCUT2D eigenvalue weighted by Crippen LogP contribution is -2.05. The lowest BCUT2D eigenvalue weighted by molar-refractivity contribution is 0.103. The molecule has 0 aliphatic heterocycles. The third kappa shape index (κ3) is 3.10. The molecule has 0 aromatic heterocycles. The maximum absolute atomic E-state index is 12.5. The summed E-state index contributed by atoms with van der Waals surface area (Å²) < 4.78 is 1.86. The molecule has 1 nitrogen and oxygen atoms in total. The molecule has 2 rings (SSSR count). The van der Waals surface area contributed by atoms with E-state index >= 15 is 0 Å². The van der Waals surface area contributed by atoms with Crippen molar-refractivity contribution in [2.75, 3.05) is 0 Å². The van der Waals surface area contributed by atoms with E-state index in [0.29, 0.717) is 16.1 Å². The summed E-state index contributed by atoms with van der Waals surface area (Å²) >= 11 is 12.9. The third-order valence-electron chi connectivity index (χ3n) is 2.93. The van der Waals surface area contributed by atoms with Gasteiger partial charge in [-0.05, 0) is 55.3 Å². The Bertz CT molecular complexity index is 665. The van der Waals surface area contributed by atoms with E-state index in [4.69, 9.17) is 11.6 Å². The monoisotopic (exact) mass is 400 g/mol. The molecule has 0 amide bonds. The Balaban J connectivity index is 2.53. The molecule has 2 aromatic rings.